The second-order valence-electron chi connectivity index (χ2n) is 4.72. The average Bonchev–Trinajstić information content (AvgIpc) is 2.56. The highest BCUT2D eigenvalue weighted by atomic mass is 32.1. The average molecular weight is 374 g/mol. The summed E-state index contributed by atoms with van der Waals surface area (Å²) in [6, 6.07) is 0. The molecule has 24 heavy (non-hydrogen) atoms. The Kier molecular flexibility index (Phi) is 7.45. The van der Waals surface area contributed by atoms with E-state index in [9.17, 15) is 9.59 Å². The third-order valence-electron chi connectivity index (χ3n) is 3.22. The van der Waals surface area contributed by atoms with Crippen molar-refractivity contribution < 1.29 is 19.1 Å². The minimum absolute atomic E-state index is 0.0693. The lowest BCUT2D eigenvalue weighted by Gasteiger charge is -2.28. The topological polar surface area (TPSA) is 153 Å². The Morgan fingerprint density at radius 3 is 1.54 bits per heavy atom. The van der Waals surface area contributed by atoms with Gasteiger partial charge in [-0.15, -0.1) is 0 Å². The zero-order valence-electron chi connectivity index (χ0n) is 13.1. The molecule has 0 aromatic heterocycles. The zero-order valence-corrected chi connectivity index (χ0v) is 14.7. The van der Waals surface area contributed by atoms with Crippen molar-refractivity contribution in [3.8, 4) is 0 Å². The first-order valence-corrected chi connectivity index (χ1v) is 7.51. The van der Waals surface area contributed by atoms with Gasteiger partial charge in [0.1, 0.15) is 11.8 Å². The molecular weight excluding hydrogens is 356 g/mol. The van der Waals surface area contributed by atoms with Gasteiger partial charge in [-0.2, -0.15) is 10.2 Å². The predicted octanol–water partition coefficient (Wildman–Crippen LogP) is -1.26. The number of hydrogen-bond acceptors (Lipinski definition) is 8. The van der Waals surface area contributed by atoms with Crippen molar-refractivity contribution in [2.75, 3.05) is 14.2 Å². The predicted molar refractivity (Wildman–Crippen MR) is 95.0 cm³/mol. The summed E-state index contributed by atoms with van der Waals surface area (Å²) in [5.41, 5.74) is 16.2. The van der Waals surface area contributed by atoms with Crippen LogP contribution in [0.5, 0.6) is 0 Å². The fourth-order valence-corrected chi connectivity index (χ4v) is 2.25. The van der Waals surface area contributed by atoms with Gasteiger partial charge in [-0.1, -0.05) is 0 Å². The first-order chi connectivity index (χ1) is 11.3. The first-order valence-electron chi connectivity index (χ1n) is 6.69. The number of esters is 2. The van der Waals surface area contributed by atoms with Crippen LogP contribution in [0.3, 0.4) is 0 Å². The first kappa shape index (κ1) is 19.7. The highest BCUT2D eigenvalue weighted by Crippen LogP contribution is 2.27. The van der Waals surface area contributed by atoms with E-state index in [4.69, 9.17) is 20.9 Å². The smallest absolute Gasteiger partial charge is 0.314 e. The lowest BCUT2D eigenvalue weighted by molar-refractivity contribution is -0.145. The van der Waals surface area contributed by atoms with Gasteiger partial charge in [-0.3, -0.25) is 20.4 Å². The van der Waals surface area contributed by atoms with Crippen molar-refractivity contribution >= 4 is 58.0 Å². The lowest BCUT2D eigenvalue weighted by atomic mass is 9.79. The largest absolute Gasteiger partial charge is 0.469 e. The standard InChI is InChI=1S/C12H18N6O4S2/c1-21-9(19)5-3-8(16-18-12(14)24)6(10(20)22-2)4-7(5)15-17-11(13)23/h5-6H,3-4H2,1-2H3,(H3,13,17,23)(H3,14,18,24)/b15-7-,16-8+/t5-,6+/m0/s1. The Hall–Kier alpha value is -2.34. The molecule has 0 heterocycles. The van der Waals surface area contributed by atoms with Gasteiger partial charge < -0.3 is 20.9 Å². The maximum absolute atomic E-state index is 12.0. The molecule has 0 radical (unpaired) electrons. The molecule has 132 valence electrons. The van der Waals surface area contributed by atoms with Crippen LogP contribution in [0, 0.1) is 11.8 Å². The number of carbonyl (C=O) groups excluding carboxylic acids is 2. The van der Waals surface area contributed by atoms with Gasteiger partial charge >= 0.3 is 11.9 Å². The normalized spacial score (nSPS) is 23.4. The molecular formula is C12H18N6O4S2. The van der Waals surface area contributed by atoms with E-state index in [0.717, 1.165) is 0 Å². The van der Waals surface area contributed by atoms with Gasteiger partial charge in [0.15, 0.2) is 10.2 Å². The molecule has 0 saturated heterocycles. The van der Waals surface area contributed by atoms with E-state index in [1.54, 1.807) is 0 Å². The molecule has 0 bridgehead atoms. The maximum Gasteiger partial charge on any atom is 0.314 e. The summed E-state index contributed by atoms with van der Waals surface area (Å²) < 4.78 is 9.54. The van der Waals surface area contributed by atoms with E-state index in [1.165, 1.54) is 14.2 Å². The summed E-state index contributed by atoms with van der Waals surface area (Å²) in [5.74, 6) is -2.59. The van der Waals surface area contributed by atoms with Crippen LogP contribution in [0.25, 0.3) is 0 Å². The monoisotopic (exact) mass is 374 g/mol. The van der Waals surface area contributed by atoms with Crippen LogP contribution in [0.4, 0.5) is 0 Å². The highest BCUT2D eigenvalue weighted by Gasteiger charge is 2.40. The number of methoxy groups -OCH3 is 2. The van der Waals surface area contributed by atoms with Crippen molar-refractivity contribution in [2.24, 2.45) is 33.5 Å². The van der Waals surface area contributed by atoms with E-state index in [-0.39, 0.29) is 23.1 Å². The molecule has 0 unspecified atom stereocenters. The fourth-order valence-electron chi connectivity index (χ4n) is 2.16. The maximum atomic E-state index is 12.0. The van der Waals surface area contributed by atoms with Crippen molar-refractivity contribution in [3.05, 3.63) is 0 Å². The summed E-state index contributed by atoms with van der Waals surface area (Å²) >= 11 is 9.37. The highest BCUT2D eigenvalue weighted by molar-refractivity contribution is 7.80. The Morgan fingerprint density at radius 2 is 1.29 bits per heavy atom. The van der Waals surface area contributed by atoms with E-state index >= 15 is 0 Å². The third-order valence-corrected chi connectivity index (χ3v) is 3.40. The second-order valence-corrected chi connectivity index (χ2v) is 5.60. The van der Waals surface area contributed by atoms with Crippen LogP contribution in [0.15, 0.2) is 10.2 Å². The molecule has 1 aliphatic rings. The summed E-state index contributed by atoms with van der Waals surface area (Å²) in [7, 11) is 2.49. The molecule has 0 aromatic carbocycles. The van der Waals surface area contributed by atoms with E-state index in [0.29, 0.717) is 11.4 Å². The van der Waals surface area contributed by atoms with Crippen molar-refractivity contribution in [1.82, 2.24) is 10.9 Å². The Balaban J connectivity index is 3.19. The number of hydrazone groups is 2. The number of rotatable bonds is 4. The fraction of sp³-hybridized carbons (Fsp3) is 0.500. The molecule has 6 N–H and O–H groups in total. The molecule has 1 saturated carbocycles. The molecule has 1 rings (SSSR count). The Bertz CT molecular complexity index is 554. The van der Waals surface area contributed by atoms with E-state index in [2.05, 4.69) is 45.5 Å². The van der Waals surface area contributed by atoms with E-state index in [1.807, 2.05) is 0 Å². The molecule has 0 aliphatic heterocycles. The van der Waals surface area contributed by atoms with Gasteiger partial charge in [-0.05, 0) is 24.4 Å². The zero-order chi connectivity index (χ0) is 18.3. The summed E-state index contributed by atoms with van der Waals surface area (Å²) in [5, 5.41) is 7.84. The third kappa shape index (κ3) is 5.38. The number of nitrogens with two attached hydrogens (primary N) is 2. The van der Waals surface area contributed by atoms with Gasteiger partial charge in [-0.25, -0.2) is 0 Å². The van der Waals surface area contributed by atoms with E-state index < -0.39 is 23.8 Å². The van der Waals surface area contributed by atoms with Crippen LogP contribution >= 0.6 is 24.4 Å². The number of ether oxygens (including phenoxy) is 2. The van der Waals surface area contributed by atoms with Crippen molar-refractivity contribution in [2.45, 2.75) is 12.8 Å². The van der Waals surface area contributed by atoms with Gasteiger partial charge in [0.25, 0.3) is 0 Å². The van der Waals surface area contributed by atoms with Crippen LogP contribution in [-0.4, -0.2) is 47.8 Å². The number of nitrogens with one attached hydrogen (secondary N) is 2. The number of carbonyl (C=O) groups is 2. The number of hydrogen-bond donors (Lipinski definition) is 4. The number of nitrogens with zero attached hydrogens (tertiary/aromatic N) is 2. The molecule has 1 fully saturated rings. The molecule has 0 amide bonds. The van der Waals surface area contributed by atoms with Crippen molar-refractivity contribution in [1.29, 1.82) is 0 Å². The van der Waals surface area contributed by atoms with Crippen LogP contribution in [0.2, 0.25) is 0 Å². The lowest BCUT2D eigenvalue weighted by Crippen LogP contribution is -2.43. The molecule has 12 heteroatoms. The Morgan fingerprint density at radius 1 is 0.958 bits per heavy atom. The quantitative estimate of drug-likeness (QED) is 0.266. The minimum Gasteiger partial charge on any atom is -0.469 e. The van der Waals surface area contributed by atoms with Crippen LogP contribution < -0.4 is 22.3 Å². The van der Waals surface area contributed by atoms with Gasteiger partial charge in [0.2, 0.25) is 0 Å². The molecule has 2 atom stereocenters. The molecule has 1 aliphatic carbocycles. The summed E-state index contributed by atoms with van der Waals surface area (Å²) in [6.07, 6.45) is 0.139. The van der Waals surface area contributed by atoms with Crippen LogP contribution in [-0.2, 0) is 19.1 Å². The number of thiocarbonyl (C=S) groups is 2. The minimum atomic E-state index is -0.760. The summed E-state index contributed by atoms with van der Waals surface area (Å²) in [6.45, 7) is 0. The van der Waals surface area contributed by atoms with Gasteiger partial charge in [0.05, 0.1) is 25.6 Å². The SMILES string of the molecule is COC(=O)[C@H]1C/C(=N\NC(N)=S)[C@H](C(=O)OC)C/C1=N/NC(N)=S. The molecule has 0 aromatic rings. The molecule has 0 spiro atoms. The van der Waals surface area contributed by atoms with Crippen molar-refractivity contribution in [3.63, 3.8) is 0 Å². The molecule has 10 nitrogen and oxygen atoms in total. The van der Waals surface area contributed by atoms with Crippen LogP contribution in [0.1, 0.15) is 12.8 Å². The van der Waals surface area contributed by atoms with Gasteiger partial charge in [0, 0.05) is 12.8 Å². The summed E-state index contributed by atoms with van der Waals surface area (Å²) in [4.78, 5) is 24.0. The second kappa shape index (κ2) is 9.08. The Labute approximate surface area is 149 Å².